The number of carbonyl (C=O) groups excluding carboxylic acids is 2. The lowest BCUT2D eigenvalue weighted by molar-refractivity contribution is -0.135. The number of aliphatic carboxylic acids is 1. The normalized spacial score (nSPS) is 14.9. The van der Waals surface area contributed by atoms with Crippen molar-refractivity contribution in [3.05, 3.63) is 59.4 Å². The van der Waals surface area contributed by atoms with E-state index in [1.165, 1.54) is 42.5 Å². The lowest BCUT2D eigenvalue weighted by atomic mass is 10.1. The zero-order valence-electron chi connectivity index (χ0n) is 13.5. The maximum Gasteiger partial charge on any atom is 0.322 e. The quantitative estimate of drug-likeness (QED) is 0.753. The second kappa shape index (κ2) is 7.22. The minimum Gasteiger partial charge on any atom is -0.480 e. The Morgan fingerprint density at radius 3 is 2.58 bits per heavy atom. The van der Waals surface area contributed by atoms with Gasteiger partial charge in [-0.2, -0.15) is 0 Å². The van der Waals surface area contributed by atoms with Crippen molar-refractivity contribution in [2.75, 3.05) is 11.9 Å². The molecule has 8 heteroatoms. The molecule has 0 aromatic heterocycles. The Morgan fingerprint density at radius 1 is 1.15 bits per heavy atom. The fourth-order valence-corrected chi connectivity index (χ4v) is 2.55. The van der Waals surface area contributed by atoms with E-state index in [4.69, 9.17) is 9.84 Å². The monoisotopic (exact) mass is 358 g/mol. The molecule has 1 aliphatic rings. The minimum absolute atomic E-state index is 0.268. The van der Waals surface area contributed by atoms with Gasteiger partial charge in [0.15, 0.2) is 6.10 Å². The second-order valence-corrected chi connectivity index (χ2v) is 5.71. The molecule has 3 N–H and O–H groups in total. The van der Waals surface area contributed by atoms with Gasteiger partial charge in [0.25, 0.3) is 11.8 Å². The molecule has 2 amide bonds. The number of rotatable bonds is 5. The molecule has 0 aliphatic carbocycles. The van der Waals surface area contributed by atoms with Crippen molar-refractivity contribution in [1.29, 1.82) is 0 Å². The van der Waals surface area contributed by atoms with Crippen molar-refractivity contribution >= 4 is 23.5 Å². The molecule has 1 atom stereocenters. The van der Waals surface area contributed by atoms with Crippen molar-refractivity contribution in [3.8, 4) is 5.75 Å². The number of fused-ring (bicyclic) bond motifs is 1. The maximum absolute atomic E-state index is 13.2. The maximum atomic E-state index is 13.2. The molecule has 26 heavy (non-hydrogen) atoms. The van der Waals surface area contributed by atoms with Gasteiger partial charge in [-0.25, -0.2) is 4.39 Å². The van der Waals surface area contributed by atoms with Crippen LogP contribution in [0.5, 0.6) is 5.75 Å². The summed E-state index contributed by atoms with van der Waals surface area (Å²) in [5.41, 5.74) is 1.36. The van der Waals surface area contributed by atoms with E-state index >= 15 is 0 Å². The highest BCUT2D eigenvalue weighted by Gasteiger charge is 2.29. The van der Waals surface area contributed by atoms with Crippen LogP contribution in [0.15, 0.2) is 42.5 Å². The third-order valence-corrected chi connectivity index (χ3v) is 3.80. The van der Waals surface area contributed by atoms with Gasteiger partial charge in [0.05, 0.1) is 0 Å². The summed E-state index contributed by atoms with van der Waals surface area (Å²) in [6, 6.07) is 10.1. The number of hydrogen-bond acceptors (Lipinski definition) is 4. The Labute approximate surface area is 147 Å². The molecule has 2 aromatic rings. The van der Waals surface area contributed by atoms with Gasteiger partial charge >= 0.3 is 5.97 Å². The predicted octanol–water partition coefficient (Wildman–Crippen LogP) is 1.58. The summed E-state index contributed by atoms with van der Waals surface area (Å²) in [6.45, 7) is -0.475. The van der Waals surface area contributed by atoms with Crippen molar-refractivity contribution in [3.63, 3.8) is 0 Å². The Balaban J connectivity index is 1.58. The van der Waals surface area contributed by atoms with Gasteiger partial charge in [0.2, 0.25) is 0 Å². The van der Waals surface area contributed by atoms with E-state index in [1.54, 1.807) is 0 Å². The van der Waals surface area contributed by atoms with Crippen LogP contribution in [0, 0.1) is 5.82 Å². The first-order chi connectivity index (χ1) is 12.4. The van der Waals surface area contributed by atoms with E-state index in [9.17, 15) is 18.8 Å². The summed E-state index contributed by atoms with van der Waals surface area (Å²) in [5, 5.41) is 13.4. The predicted molar refractivity (Wildman–Crippen MR) is 89.6 cm³/mol. The molecular weight excluding hydrogens is 343 g/mol. The SMILES string of the molecule is O=C(O)CNC(=O)c1ccc(NC(=O)C2Cc3cc(F)ccc3O2)cc1. The Bertz CT molecular complexity index is 866. The average Bonchev–Trinajstić information content (AvgIpc) is 3.03. The first kappa shape index (κ1) is 17.4. The van der Waals surface area contributed by atoms with Crippen LogP contribution in [0.25, 0.3) is 0 Å². The van der Waals surface area contributed by atoms with Gasteiger partial charge in [-0.1, -0.05) is 0 Å². The van der Waals surface area contributed by atoms with Crippen LogP contribution in [0.4, 0.5) is 10.1 Å². The molecule has 2 aromatic carbocycles. The Kier molecular flexibility index (Phi) is 4.83. The molecule has 1 aliphatic heterocycles. The molecule has 0 saturated heterocycles. The number of benzene rings is 2. The van der Waals surface area contributed by atoms with E-state index in [2.05, 4.69) is 10.6 Å². The van der Waals surface area contributed by atoms with Gasteiger partial charge in [-0.15, -0.1) is 0 Å². The van der Waals surface area contributed by atoms with Crippen molar-refractivity contribution in [1.82, 2.24) is 5.32 Å². The van der Waals surface area contributed by atoms with Crippen molar-refractivity contribution < 1.29 is 28.6 Å². The molecule has 1 unspecified atom stereocenters. The smallest absolute Gasteiger partial charge is 0.322 e. The molecule has 0 saturated carbocycles. The number of nitrogens with one attached hydrogen (secondary N) is 2. The van der Waals surface area contributed by atoms with Crippen LogP contribution < -0.4 is 15.4 Å². The largest absolute Gasteiger partial charge is 0.480 e. The van der Waals surface area contributed by atoms with Gasteiger partial charge in [-0.3, -0.25) is 14.4 Å². The number of halogens is 1. The molecule has 7 nitrogen and oxygen atoms in total. The standard InChI is InChI=1S/C18H15FN2O5/c19-12-3-6-14-11(7-12)8-15(26-14)18(25)21-13-4-1-10(2-5-13)17(24)20-9-16(22)23/h1-7,15H,8-9H2,(H,20,24)(H,21,25)(H,22,23). The number of carboxylic acid groups (broad SMARTS) is 1. The van der Waals surface area contributed by atoms with E-state index < -0.39 is 24.5 Å². The van der Waals surface area contributed by atoms with Gasteiger partial charge in [-0.05, 0) is 42.5 Å². The summed E-state index contributed by atoms with van der Waals surface area (Å²) in [4.78, 5) is 34.5. The number of anilines is 1. The van der Waals surface area contributed by atoms with Crippen LogP contribution in [-0.4, -0.2) is 35.5 Å². The molecule has 0 bridgehead atoms. The lowest BCUT2D eigenvalue weighted by Crippen LogP contribution is -2.31. The summed E-state index contributed by atoms with van der Waals surface area (Å²) in [7, 11) is 0. The van der Waals surface area contributed by atoms with E-state index in [-0.39, 0.29) is 23.7 Å². The number of ether oxygens (including phenoxy) is 1. The van der Waals surface area contributed by atoms with E-state index in [1.807, 2.05) is 0 Å². The van der Waals surface area contributed by atoms with Crippen molar-refractivity contribution in [2.24, 2.45) is 0 Å². The number of carboxylic acids is 1. The van der Waals surface area contributed by atoms with Crippen LogP contribution >= 0.6 is 0 Å². The van der Waals surface area contributed by atoms with Crippen molar-refractivity contribution in [2.45, 2.75) is 12.5 Å². The Morgan fingerprint density at radius 2 is 1.88 bits per heavy atom. The first-order valence-corrected chi connectivity index (χ1v) is 7.78. The third-order valence-electron chi connectivity index (χ3n) is 3.80. The third kappa shape index (κ3) is 3.97. The molecule has 0 radical (unpaired) electrons. The highest BCUT2D eigenvalue weighted by Crippen LogP contribution is 2.29. The first-order valence-electron chi connectivity index (χ1n) is 7.78. The average molecular weight is 358 g/mol. The highest BCUT2D eigenvalue weighted by molar-refractivity contribution is 5.98. The van der Waals surface area contributed by atoms with E-state index in [0.29, 0.717) is 17.0 Å². The van der Waals surface area contributed by atoms with Crippen LogP contribution in [0.3, 0.4) is 0 Å². The lowest BCUT2D eigenvalue weighted by Gasteiger charge is -2.11. The summed E-state index contributed by atoms with van der Waals surface area (Å²) < 4.78 is 18.7. The summed E-state index contributed by atoms with van der Waals surface area (Å²) in [6.07, 6.45) is -0.487. The van der Waals surface area contributed by atoms with Crippen LogP contribution in [0.1, 0.15) is 15.9 Å². The fraction of sp³-hybridized carbons (Fsp3) is 0.167. The zero-order chi connectivity index (χ0) is 18.7. The Hall–Kier alpha value is -3.42. The van der Waals surface area contributed by atoms with Gasteiger partial charge < -0.3 is 20.5 Å². The second-order valence-electron chi connectivity index (χ2n) is 5.71. The molecule has 0 spiro atoms. The van der Waals surface area contributed by atoms with Crippen LogP contribution in [-0.2, 0) is 16.0 Å². The molecule has 1 heterocycles. The van der Waals surface area contributed by atoms with Gasteiger partial charge in [0, 0.05) is 23.2 Å². The summed E-state index contributed by atoms with van der Waals surface area (Å²) >= 11 is 0. The number of amides is 2. The molecule has 134 valence electrons. The number of hydrogen-bond donors (Lipinski definition) is 3. The molecule has 0 fully saturated rings. The topological polar surface area (TPSA) is 105 Å². The number of carbonyl (C=O) groups is 3. The van der Waals surface area contributed by atoms with E-state index in [0.717, 1.165) is 0 Å². The fourth-order valence-electron chi connectivity index (χ4n) is 2.55. The van der Waals surface area contributed by atoms with Gasteiger partial charge in [0.1, 0.15) is 18.1 Å². The highest BCUT2D eigenvalue weighted by atomic mass is 19.1. The minimum atomic E-state index is -1.14. The molecule has 3 rings (SSSR count). The summed E-state index contributed by atoms with van der Waals surface area (Å²) in [5.74, 6) is -1.95. The van der Waals surface area contributed by atoms with Crippen LogP contribution in [0.2, 0.25) is 0 Å². The zero-order valence-corrected chi connectivity index (χ0v) is 13.5. The molecular formula is C18H15FN2O5.